The van der Waals surface area contributed by atoms with E-state index in [-0.39, 0.29) is 5.91 Å². The Morgan fingerprint density at radius 2 is 1.81 bits per heavy atom. The van der Waals surface area contributed by atoms with Crippen molar-refractivity contribution in [3.8, 4) is 5.00 Å². The van der Waals surface area contributed by atoms with E-state index in [0.29, 0.717) is 12.1 Å². The summed E-state index contributed by atoms with van der Waals surface area (Å²) < 4.78 is 2.06. The summed E-state index contributed by atoms with van der Waals surface area (Å²) in [6.45, 7) is 12.9. The maximum atomic E-state index is 13.2. The van der Waals surface area contributed by atoms with Gasteiger partial charge in [-0.1, -0.05) is 0 Å². The number of piperazine rings is 1. The van der Waals surface area contributed by atoms with Crippen molar-refractivity contribution in [1.82, 2.24) is 19.3 Å². The lowest BCUT2D eigenvalue weighted by Crippen LogP contribution is -2.52. The fourth-order valence-corrected chi connectivity index (χ4v) is 5.30. The van der Waals surface area contributed by atoms with E-state index in [0.717, 1.165) is 56.3 Å². The Morgan fingerprint density at radius 1 is 1.11 bits per heavy atom. The first-order valence-corrected chi connectivity index (χ1v) is 10.9. The highest BCUT2D eigenvalue weighted by Gasteiger charge is 2.33. The van der Waals surface area contributed by atoms with Gasteiger partial charge in [0.05, 0.1) is 5.56 Å². The molecule has 2 saturated heterocycles. The Kier molecular flexibility index (Phi) is 5.39. The fraction of sp³-hybridized carbons (Fsp3) is 0.571. The van der Waals surface area contributed by atoms with Gasteiger partial charge >= 0.3 is 0 Å². The first-order chi connectivity index (χ1) is 13.0. The second-order valence-electron chi connectivity index (χ2n) is 8.03. The third-order valence-corrected chi connectivity index (χ3v) is 7.02. The fourth-order valence-electron chi connectivity index (χ4n) is 4.33. The van der Waals surface area contributed by atoms with Crippen molar-refractivity contribution in [3.63, 3.8) is 0 Å². The summed E-state index contributed by atoms with van der Waals surface area (Å²) in [6.07, 6.45) is 5.13. The lowest BCUT2D eigenvalue weighted by molar-refractivity contribution is 0.0699. The highest BCUT2D eigenvalue weighted by Crippen LogP contribution is 2.29. The van der Waals surface area contributed by atoms with Crippen LogP contribution >= 0.6 is 11.3 Å². The maximum Gasteiger partial charge on any atom is 0.256 e. The lowest BCUT2D eigenvalue weighted by Gasteiger charge is -2.39. The van der Waals surface area contributed by atoms with Crippen molar-refractivity contribution in [1.29, 1.82) is 0 Å². The third kappa shape index (κ3) is 3.84. The summed E-state index contributed by atoms with van der Waals surface area (Å²) in [6, 6.07) is 7.20. The molecule has 1 atom stereocenters. The number of carbonyl (C=O) groups is 1. The predicted octanol–water partition coefficient (Wildman–Crippen LogP) is 3.09. The Bertz CT molecular complexity index is 774. The Balaban J connectivity index is 1.42. The Hall–Kier alpha value is -1.63. The van der Waals surface area contributed by atoms with Crippen LogP contribution in [0.1, 0.15) is 35.5 Å². The summed E-state index contributed by atoms with van der Waals surface area (Å²) in [5, 5.41) is 1.04. The smallest absolute Gasteiger partial charge is 0.256 e. The third-order valence-electron chi connectivity index (χ3n) is 5.95. The van der Waals surface area contributed by atoms with Gasteiger partial charge in [0.2, 0.25) is 0 Å². The zero-order chi connectivity index (χ0) is 19.0. The van der Waals surface area contributed by atoms with E-state index < -0.39 is 0 Å². The normalized spacial score (nSPS) is 22.1. The van der Waals surface area contributed by atoms with Gasteiger partial charge in [0.1, 0.15) is 5.00 Å². The Labute approximate surface area is 166 Å². The van der Waals surface area contributed by atoms with Crippen LogP contribution in [-0.2, 0) is 0 Å². The first-order valence-electron chi connectivity index (χ1n) is 10.0. The minimum Gasteiger partial charge on any atom is -0.337 e. The number of carbonyl (C=O) groups excluding carboxylic acids is 1. The zero-order valence-corrected chi connectivity index (χ0v) is 17.4. The summed E-state index contributed by atoms with van der Waals surface area (Å²) in [7, 11) is 0. The van der Waals surface area contributed by atoms with Crippen LogP contribution in [0.15, 0.2) is 30.6 Å². The van der Waals surface area contributed by atoms with Crippen LogP contribution in [-0.4, -0.2) is 76.5 Å². The largest absolute Gasteiger partial charge is 0.337 e. The molecule has 0 spiro atoms. The van der Waals surface area contributed by atoms with E-state index in [4.69, 9.17) is 0 Å². The number of hydrogen-bond acceptors (Lipinski definition) is 4. The van der Waals surface area contributed by atoms with Gasteiger partial charge in [0, 0.05) is 68.6 Å². The SMILES string of the molecule is Cc1cc(C(=O)N2CCC(N3CCN(C(C)C)CC3)C2)c(-n2cccc2)s1. The molecule has 0 N–H and O–H groups in total. The van der Waals surface area contributed by atoms with E-state index in [9.17, 15) is 4.79 Å². The topological polar surface area (TPSA) is 31.7 Å². The molecule has 1 amide bonds. The maximum absolute atomic E-state index is 13.2. The molecular weight excluding hydrogens is 356 g/mol. The van der Waals surface area contributed by atoms with E-state index in [2.05, 4.69) is 46.1 Å². The standard InChI is InChI=1S/C21H30N4OS/c1-16(2)22-10-12-23(13-11-22)18-6-9-25(15-18)20(26)19-14-17(3)27-21(19)24-7-4-5-8-24/h4-5,7-8,14,16,18H,6,9-13,15H2,1-3H3. The molecular formula is C21H30N4OS. The second kappa shape index (κ2) is 7.78. The van der Waals surface area contributed by atoms with Gasteiger partial charge in [0.25, 0.3) is 5.91 Å². The zero-order valence-electron chi connectivity index (χ0n) is 16.6. The van der Waals surface area contributed by atoms with Gasteiger partial charge in [-0.3, -0.25) is 14.6 Å². The number of aromatic nitrogens is 1. The molecule has 2 aliphatic rings. The molecule has 2 aliphatic heterocycles. The van der Waals surface area contributed by atoms with Crippen LogP contribution in [0.2, 0.25) is 0 Å². The minimum atomic E-state index is 0.186. The molecule has 4 rings (SSSR count). The lowest BCUT2D eigenvalue weighted by atomic mass is 10.1. The molecule has 0 bridgehead atoms. The second-order valence-corrected chi connectivity index (χ2v) is 9.26. The van der Waals surface area contributed by atoms with E-state index in [1.165, 1.54) is 4.88 Å². The summed E-state index contributed by atoms with van der Waals surface area (Å²) >= 11 is 1.69. The minimum absolute atomic E-state index is 0.186. The molecule has 4 heterocycles. The number of aryl methyl sites for hydroxylation is 1. The van der Waals surface area contributed by atoms with Gasteiger partial charge < -0.3 is 9.47 Å². The molecule has 0 radical (unpaired) electrons. The average Bonchev–Trinajstić information content (AvgIpc) is 3.41. The molecule has 2 aromatic rings. The quantitative estimate of drug-likeness (QED) is 0.809. The molecule has 0 saturated carbocycles. The first kappa shape index (κ1) is 18.7. The van der Waals surface area contributed by atoms with Gasteiger partial charge in [-0.15, -0.1) is 11.3 Å². The summed E-state index contributed by atoms with van der Waals surface area (Å²) in [4.78, 5) is 21.6. The van der Waals surface area contributed by atoms with Crippen molar-refractivity contribution in [2.75, 3.05) is 39.3 Å². The number of amides is 1. The van der Waals surface area contributed by atoms with Gasteiger partial charge in [0.15, 0.2) is 0 Å². The van der Waals surface area contributed by atoms with Crippen molar-refractivity contribution in [2.45, 2.75) is 39.3 Å². The molecule has 27 heavy (non-hydrogen) atoms. The van der Waals surface area contributed by atoms with Gasteiger partial charge in [-0.25, -0.2) is 0 Å². The van der Waals surface area contributed by atoms with E-state index in [1.807, 2.05) is 24.5 Å². The molecule has 5 nitrogen and oxygen atoms in total. The van der Waals surface area contributed by atoms with Crippen LogP contribution in [0.5, 0.6) is 0 Å². The van der Waals surface area contributed by atoms with Crippen LogP contribution in [0.25, 0.3) is 5.00 Å². The molecule has 6 heteroatoms. The van der Waals surface area contributed by atoms with Crippen molar-refractivity contribution in [3.05, 3.63) is 41.0 Å². The van der Waals surface area contributed by atoms with E-state index in [1.54, 1.807) is 11.3 Å². The van der Waals surface area contributed by atoms with Crippen LogP contribution in [0, 0.1) is 6.92 Å². The van der Waals surface area contributed by atoms with Gasteiger partial charge in [-0.2, -0.15) is 0 Å². The predicted molar refractivity (Wildman–Crippen MR) is 111 cm³/mol. The Morgan fingerprint density at radius 3 is 2.48 bits per heavy atom. The monoisotopic (exact) mass is 386 g/mol. The van der Waals surface area contributed by atoms with Crippen molar-refractivity contribution >= 4 is 17.2 Å². The highest BCUT2D eigenvalue weighted by atomic mass is 32.1. The number of rotatable bonds is 4. The van der Waals surface area contributed by atoms with Gasteiger partial charge in [-0.05, 0) is 45.4 Å². The molecule has 146 valence electrons. The number of likely N-dealkylation sites (tertiary alicyclic amines) is 1. The van der Waals surface area contributed by atoms with E-state index >= 15 is 0 Å². The summed E-state index contributed by atoms with van der Waals surface area (Å²) in [5.41, 5.74) is 0.846. The molecule has 2 fully saturated rings. The molecule has 0 aliphatic carbocycles. The van der Waals surface area contributed by atoms with Crippen molar-refractivity contribution in [2.24, 2.45) is 0 Å². The number of hydrogen-bond donors (Lipinski definition) is 0. The average molecular weight is 387 g/mol. The van der Waals surface area contributed by atoms with Crippen molar-refractivity contribution < 1.29 is 4.79 Å². The summed E-state index contributed by atoms with van der Waals surface area (Å²) in [5.74, 6) is 0.186. The molecule has 2 aromatic heterocycles. The van der Waals surface area contributed by atoms with Crippen LogP contribution in [0.3, 0.4) is 0 Å². The number of nitrogens with zero attached hydrogens (tertiary/aromatic N) is 4. The highest BCUT2D eigenvalue weighted by molar-refractivity contribution is 7.14. The van der Waals surface area contributed by atoms with Crippen LogP contribution < -0.4 is 0 Å². The number of thiophene rings is 1. The molecule has 0 aromatic carbocycles. The molecule has 1 unspecified atom stereocenters. The van der Waals surface area contributed by atoms with Crippen LogP contribution in [0.4, 0.5) is 0 Å².